The van der Waals surface area contributed by atoms with Crippen molar-refractivity contribution in [3.63, 3.8) is 0 Å². The minimum absolute atomic E-state index is 0.156. The molecule has 2 atom stereocenters. The molecule has 0 heterocycles. The predicted octanol–water partition coefficient (Wildman–Crippen LogP) is 3.62. The van der Waals surface area contributed by atoms with Crippen molar-refractivity contribution < 1.29 is 4.74 Å². The number of hydrogen-bond donors (Lipinski definition) is 2. The van der Waals surface area contributed by atoms with Crippen molar-refractivity contribution in [2.24, 2.45) is 5.84 Å². The molecule has 0 radical (unpaired) electrons. The molecule has 0 aliphatic rings. The first-order valence-corrected chi connectivity index (χ1v) is 7.02. The van der Waals surface area contributed by atoms with Crippen molar-refractivity contribution in [2.45, 2.75) is 19.1 Å². The maximum Gasteiger partial charge on any atom is 0.103 e. The van der Waals surface area contributed by atoms with Gasteiger partial charge in [0.25, 0.3) is 0 Å². The summed E-state index contributed by atoms with van der Waals surface area (Å²) >= 11 is 6.06. The summed E-state index contributed by atoms with van der Waals surface area (Å²) in [4.78, 5) is 0. The van der Waals surface area contributed by atoms with Gasteiger partial charge in [-0.25, -0.2) is 5.43 Å². The fraction of sp³-hybridized carbons (Fsp3) is 0.250. The maximum atomic E-state index is 6.06. The van der Waals surface area contributed by atoms with Gasteiger partial charge in [-0.2, -0.15) is 0 Å². The summed E-state index contributed by atoms with van der Waals surface area (Å²) < 4.78 is 5.89. The van der Waals surface area contributed by atoms with Crippen LogP contribution in [0.5, 0.6) is 0 Å². The van der Waals surface area contributed by atoms with Crippen LogP contribution in [0.25, 0.3) is 0 Å². The van der Waals surface area contributed by atoms with Gasteiger partial charge in [-0.1, -0.05) is 54.1 Å². The molecule has 0 aliphatic carbocycles. The van der Waals surface area contributed by atoms with E-state index in [2.05, 4.69) is 5.43 Å². The van der Waals surface area contributed by atoms with Crippen molar-refractivity contribution in [2.75, 3.05) is 6.61 Å². The van der Waals surface area contributed by atoms with E-state index in [1.54, 1.807) is 0 Å². The zero-order chi connectivity index (χ0) is 14.4. The number of halogens is 1. The lowest BCUT2D eigenvalue weighted by Crippen LogP contribution is -2.33. The molecule has 2 aromatic rings. The fourth-order valence-corrected chi connectivity index (χ4v) is 2.46. The van der Waals surface area contributed by atoms with Gasteiger partial charge in [-0.15, -0.1) is 0 Å². The van der Waals surface area contributed by atoms with Crippen LogP contribution in [-0.2, 0) is 4.74 Å². The lowest BCUT2D eigenvalue weighted by atomic mass is 9.96. The van der Waals surface area contributed by atoms with Crippen LogP contribution in [0.3, 0.4) is 0 Å². The molecule has 2 unspecified atom stereocenters. The van der Waals surface area contributed by atoms with Gasteiger partial charge in [-0.3, -0.25) is 5.84 Å². The third kappa shape index (κ3) is 3.58. The Bertz CT molecular complexity index is 533. The molecule has 106 valence electrons. The summed E-state index contributed by atoms with van der Waals surface area (Å²) in [5, 5.41) is 0.686. The second kappa shape index (κ2) is 7.41. The molecule has 3 nitrogen and oxygen atoms in total. The zero-order valence-corrected chi connectivity index (χ0v) is 12.2. The van der Waals surface area contributed by atoms with E-state index in [4.69, 9.17) is 22.2 Å². The molecule has 0 aliphatic heterocycles. The molecule has 2 aromatic carbocycles. The predicted molar refractivity (Wildman–Crippen MR) is 82.3 cm³/mol. The van der Waals surface area contributed by atoms with Gasteiger partial charge in [0.2, 0.25) is 0 Å². The second-order valence-corrected chi connectivity index (χ2v) is 4.92. The number of nitrogens with one attached hydrogen (secondary N) is 1. The van der Waals surface area contributed by atoms with E-state index < -0.39 is 0 Å². The Morgan fingerprint density at radius 2 is 1.80 bits per heavy atom. The van der Waals surface area contributed by atoms with Crippen LogP contribution in [0, 0.1) is 0 Å². The molecular formula is C16H19ClN2O. The molecule has 2 rings (SSSR count). The van der Waals surface area contributed by atoms with Crippen LogP contribution in [0.4, 0.5) is 0 Å². The zero-order valence-electron chi connectivity index (χ0n) is 11.4. The number of hydrazine groups is 1. The average molecular weight is 291 g/mol. The first kappa shape index (κ1) is 15.0. The lowest BCUT2D eigenvalue weighted by Gasteiger charge is -2.27. The van der Waals surface area contributed by atoms with Gasteiger partial charge in [0.15, 0.2) is 0 Å². The SMILES string of the molecule is CCOC(c1ccccc1)C(NN)c1cccc(Cl)c1. The van der Waals surface area contributed by atoms with Gasteiger partial charge in [0.05, 0.1) is 6.04 Å². The Kier molecular flexibility index (Phi) is 5.56. The smallest absolute Gasteiger partial charge is 0.103 e. The summed E-state index contributed by atoms with van der Waals surface area (Å²) in [6.45, 7) is 2.58. The Balaban J connectivity index is 2.35. The maximum absolute atomic E-state index is 6.06. The van der Waals surface area contributed by atoms with Gasteiger partial charge in [0, 0.05) is 11.6 Å². The third-order valence-electron chi connectivity index (χ3n) is 3.16. The Labute approximate surface area is 124 Å². The van der Waals surface area contributed by atoms with Crippen LogP contribution >= 0.6 is 11.6 Å². The quantitative estimate of drug-likeness (QED) is 0.631. The molecule has 0 amide bonds. The van der Waals surface area contributed by atoms with Crippen LogP contribution in [0.1, 0.15) is 30.2 Å². The molecule has 0 fully saturated rings. The molecule has 3 N–H and O–H groups in total. The van der Waals surface area contributed by atoms with E-state index in [9.17, 15) is 0 Å². The first-order chi connectivity index (χ1) is 9.76. The Hall–Kier alpha value is -1.39. The first-order valence-electron chi connectivity index (χ1n) is 6.64. The molecule has 0 spiro atoms. The summed E-state index contributed by atoms with van der Waals surface area (Å²) in [7, 11) is 0. The van der Waals surface area contributed by atoms with E-state index in [1.807, 2.05) is 61.5 Å². The molecule has 4 heteroatoms. The number of hydrogen-bond acceptors (Lipinski definition) is 3. The monoisotopic (exact) mass is 290 g/mol. The van der Waals surface area contributed by atoms with Crippen molar-refractivity contribution >= 4 is 11.6 Å². The lowest BCUT2D eigenvalue weighted by molar-refractivity contribution is 0.0327. The number of benzene rings is 2. The summed E-state index contributed by atoms with van der Waals surface area (Å²) in [5.41, 5.74) is 4.93. The molecule has 0 saturated heterocycles. The Morgan fingerprint density at radius 1 is 1.10 bits per heavy atom. The van der Waals surface area contributed by atoms with Crippen molar-refractivity contribution in [3.8, 4) is 0 Å². The largest absolute Gasteiger partial charge is 0.372 e. The van der Waals surface area contributed by atoms with Gasteiger partial charge in [0.1, 0.15) is 6.10 Å². The minimum Gasteiger partial charge on any atom is -0.372 e. The molecule has 20 heavy (non-hydrogen) atoms. The van der Waals surface area contributed by atoms with E-state index in [0.29, 0.717) is 11.6 Å². The van der Waals surface area contributed by atoms with Crippen molar-refractivity contribution in [1.82, 2.24) is 5.43 Å². The highest BCUT2D eigenvalue weighted by molar-refractivity contribution is 6.30. The number of nitrogens with two attached hydrogens (primary N) is 1. The Morgan fingerprint density at radius 3 is 2.40 bits per heavy atom. The third-order valence-corrected chi connectivity index (χ3v) is 3.40. The van der Waals surface area contributed by atoms with Crippen LogP contribution in [0.2, 0.25) is 5.02 Å². The molecular weight excluding hydrogens is 272 g/mol. The van der Waals surface area contributed by atoms with Crippen LogP contribution in [0.15, 0.2) is 54.6 Å². The highest BCUT2D eigenvalue weighted by Crippen LogP contribution is 2.32. The van der Waals surface area contributed by atoms with Crippen LogP contribution < -0.4 is 11.3 Å². The molecule has 0 aromatic heterocycles. The van der Waals surface area contributed by atoms with E-state index in [0.717, 1.165) is 11.1 Å². The standard InChI is InChI=1S/C16H19ClN2O/c1-2-20-16(12-7-4-3-5-8-12)15(19-18)13-9-6-10-14(17)11-13/h3-11,15-16,19H,2,18H2,1H3. The van der Waals surface area contributed by atoms with Crippen LogP contribution in [-0.4, -0.2) is 6.61 Å². The van der Waals surface area contributed by atoms with E-state index in [1.165, 1.54) is 0 Å². The molecule has 0 bridgehead atoms. The number of rotatable bonds is 6. The van der Waals surface area contributed by atoms with Gasteiger partial charge in [-0.05, 0) is 30.2 Å². The topological polar surface area (TPSA) is 47.3 Å². The summed E-state index contributed by atoms with van der Waals surface area (Å²) in [6, 6.07) is 17.5. The highest BCUT2D eigenvalue weighted by Gasteiger charge is 2.24. The second-order valence-electron chi connectivity index (χ2n) is 4.49. The minimum atomic E-state index is -0.162. The fourth-order valence-electron chi connectivity index (χ4n) is 2.27. The number of ether oxygens (including phenoxy) is 1. The summed E-state index contributed by atoms with van der Waals surface area (Å²) in [6.07, 6.45) is -0.162. The van der Waals surface area contributed by atoms with Crippen molar-refractivity contribution in [1.29, 1.82) is 0 Å². The highest BCUT2D eigenvalue weighted by atomic mass is 35.5. The van der Waals surface area contributed by atoms with E-state index >= 15 is 0 Å². The summed E-state index contributed by atoms with van der Waals surface area (Å²) in [5.74, 6) is 5.75. The average Bonchev–Trinajstić information content (AvgIpc) is 2.48. The van der Waals surface area contributed by atoms with Gasteiger partial charge < -0.3 is 4.74 Å². The normalized spacial score (nSPS) is 13.9. The van der Waals surface area contributed by atoms with Crippen molar-refractivity contribution in [3.05, 3.63) is 70.7 Å². The molecule has 0 saturated carbocycles. The van der Waals surface area contributed by atoms with Gasteiger partial charge >= 0.3 is 0 Å². The van der Waals surface area contributed by atoms with E-state index in [-0.39, 0.29) is 12.1 Å².